The summed E-state index contributed by atoms with van der Waals surface area (Å²) in [5.74, 6) is 1.78. The number of ether oxygens (including phenoxy) is 1. The molecule has 0 aliphatic heterocycles. The third kappa shape index (κ3) is 5.10. The number of nitrogens with zero attached hydrogens (tertiary/aromatic N) is 4. The second-order valence-corrected chi connectivity index (χ2v) is 7.08. The summed E-state index contributed by atoms with van der Waals surface area (Å²) in [4.78, 5) is 12.0. The first-order valence-corrected chi connectivity index (χ1v) is 9.35. The summed E-state index contributed by atoms with van der Waals surface area (Å²) in [6.07, 6.45) is 0. The van der Waals surface area contributed by atoms with Crippen molar-refractivity contribution in [2.45, 2.75) is 32.6 Å². The molecule has 0 spiro atoms. The van der Waals surface area contributed by atoms with Crippen molar-refractivity contribution < 1.29 is 13.9 Å². The fourth-order valence-corrected chi connectivity index (χ4v) is 2.97. The van der Waals surface area contributed by atoms with E-state index in [0.29, 0.717) is 16.9 Å². The fraction of sp³-hybridized carbons (Fsp3) is 0.333. The van der Waals surface area contributed by atoms with E-state index in [1.807, 2.05) is 39.0 Å². The molecule has 0 saturated heterocycles. The van der Waals surface area contributed by atoms with E-state index in [0.717, 1.165) is 22.6 Å². The number of anilines is 1. The molecule has 1 amide bonds. The highest BCUT2D eigenvalue weighted by Gasteiger charge is 2.12. The molecule has 2 heterocycles. The van der Waals surface area contributed by atoms with E-state index < -0.39 is 0 Å². The number of amides is 1. The summed E-state index contributed by atoms with van der Waals surface area (Å²) >= 11 is 1.17. The van der Waals surface area contributed by atoms with Crippen molar-refractivity contribution in [3.05, 3.63) is 47.0 Å². The molecular weight excluding hydrogens is 366 g/mol. The van der Waals surface area contributed by atoms with Gasteiger partial charge in [0.25, 0.3) is 11.1 Å². The summed E-state index contributed by atoms with van der Waals surface area (Å²) in [7, 11) is 1.77. The van der Waals surface area contributed by atoms with Crippen molar-refractivity contribution in [3.8, 4) is 5.75 Å². The molecule has 1 aromatic carbocycles. The molecule has 0 aliphatic rings. The van der Waals surface area contributed by atoms with Crippen LogP contribution in [0, 0.1) is 20.8 Å². The van der Waals surface area contributed by atoms with Gasteiger partial charge in [-0.25, -0.2) is 0 Å². The Kier molecular flexibility index (Phi) is 5.80. The van der Waals surface area contributed by atoms with E-state index in [2.05, 4.69) is 20.6 Å². The molecule has 0 unspecified atom stereocenters. The van der Waals surface area contributed by atoms with Gasteiger partial charge in [0.2, 0.25) is 5.91 Å². The quantitative estimate of drug-likeness (QED) is 0.623. The zero-order chi connectivity index (χ0) is 19.4. The monoisotopic (exact) mass is 387 g/mol. The Labute approximate surface area is 161 Å². The van der Waals surface area contributed by atoms with Crippen molar-refractivity contribution in [2.24, 2.45) is 7.05 Å². The number of thioether (sulfide) groups is 1. The summed E-state index contributed by atoms with van der Waals surface area (Å²) in [6, 6.07) is 7.80. The average Bonchev–Trinajstić information content (AvgIpc) is 3.20. The zero-order valence-corrected chi connectivity index (χ0v) is 16.5. The van der Waals surface area contributed by atoms with Gasteiger partial charge in [0.15, 0.2) is 6.61 Å². The Hall–Kier alpha value is -2.81. The smallest absolute Gasteiger partial charge is 0.277 e. The van der Waals surface area contributed by atoms with Crippen LogP contribution < -0.4 is 10.1 Å². The Morgan fingerprint density at radius 2 is 2.07 bits per heavy atom. The lowest BCUT2D eigenvalue weighted by molar-refractivity contribution is -0.113. The lowest BCUT2D eigenvalue weighted by Crippen LogP contribution is -2.16. The topological polar surface area (TPSA) is 95.1 Å². The van der Waals surface area contributed by atoms with E-state index in [-0.39, 0.29) is 18.3 Å². The van der Waals surface area contributed by atoms with Crippen LogP contribution in [0.3, 0.4) is 0 Å². The molecule has 0 atom stereocenters. The van der Waals surface area contributed by atoms with Gasteiger partial charge in [0.1, 0.15) is 11.6 Å². The predicted octanol–water partition coefficient (Wildman–Crippen LogP) is 3.04. The maximum absolute atomic E-state index is 12.0. The molecule has 9 heteroatoms. The molecule has 1 N–H and O–H groups in total. The Balaban J connectivity index is 1.49. The van der Waals surface area contributed by atoms with Crippen LogP contribution in [-0.4, -0.2) is 31.6 Å². The van der Waals surface area contributed by atoms with Gasteiger partial charge < -0.3 is 14.5 Å². The van der Waals surface area contributed by atoms with E-state index >= 15 is 0 Å². The Bertz CT molecular complexity index is 950. The number of rotatable bonds is 7. The Morgan fingerprint density at radius 1 is 1.26 bits per heavy atom. The molecule has 0 aliphatic carbocycles. The molecular formula is C18H21N5O3S. The molecule has 3 aromatic rings. The van der Waals surface area contributed by atoms with Crippen molar-refractivity contribution in [1.29, 1.82) is 0 Å². The normalized spacial score (nSPS) is 10.8. The van der Waals surface area contributed by atoms with E-state index in [9.17, 15) is 4.79 Å². The molecule has 0 radical (unpaired) electrons. The summed E-state index contributed by atoms with van der Waals surface area (Å²) in [5, 5.41) is 15.2. The third-order valence-electron chi connectivity index (χ3n) is 3.74. The standard InChI is InChI=1S/C18H21N5O3S/c1-11-5-6-12(2)14(7-11)25-9-17-20-21-18(26-17)27-10-16(24)19-15-8-13(3)22-23(15)4/h5-8H,9-10H2,1-4H3,(H,19,24). The summed E-state index contributed by atoms with van der Waals surface area (Å²) in [6.45, 7) is 6.03. The minimum absolute atomic E-state index is 0.156. The molecule has 27 heavy (non-hydrogen) atoms. The number of carbonyl (C=O) groups is 1. The first kappa shape index (κ1) is 19.0. The fourth-order valence-electron chi connectivity index (χ4n) is 2.39. The van der Waals surface area contributed by atoms with Crippen LogP contribution in [-0.2, 0) is 18.4 Å². The molecule has 3 rings (SSSR count). The van der Waals surface area contributed by atoms with Crippen LogP contribution in [0.2, 0.25) is 0 Å². The van der Waals surface area contributed by atoms with Gasteiger partial charge >= 0.3 is 0 Å². The molecule has 0 saturated carbocycles. The Morgan fingerprint density at radius 3 is 2.81 bits per heavy atom. The van der Waals surface area contributed by atoms with Crippen LogP contribution >= 0.6 is 11.8 Å². The molecule has 0 fully saturated rings. The highest BCUT2D eigenvalue weighted by atomic mass is 32.2. The SMILES string of the molecule is Cc1ccc(C)c(OCc2nnc(SCC(=O)Nc3cc(C)nn3C)o2)c1. The second-order valence-electron chi connectivity index (χ2n) is 6.15. The number of aryl methyl sites for hydroxylation is 4. The largest absolute Gasteiger partial charge is 0.484 e. The van der Waals surface area contributed by atoms with Gasteiger partial charge in [-0.15, -0.1) is 10.2 Å². The molecule has 2 aromatic heterocycles. The third-order valence-corrected chi connectivity index (χ3v) is 4.56. The van der Waals surface area contributed by atoms with Crippen molar-refractivity contribution in [3.63, 3.8) is 0 Å². The van der Waals surface area contributed by atoms with Crippen LogP contribution in [0.5, 0.6) is 5.75 Å². The van der Waals surface area contributed by atoms with Gasteiger partial charge in [0, 0.05) is 13.1 Å². The number of hydrogen-bond donors (Lipinski definition) is 1. The number of hydrogen-bond acceptors (Lipinski definition) is 7. The van der Waals surface area contributed by atoms with Crippen molar-refractivity contribution >= 4 is 23.5 Å². The average molecular weight is 387 g/mol. The lowest BCUT2D eigenvalue weighted by atomic mass is 10.1. The van der Waals surface area contributed by atoms with Crippen LogP contribution in [0.15, 0.2) is 33.9 Å². The van der Waals surface area contributed by atoms with Gasteiger partial charge in [-0.3, -0.25) is 9.48 Å². The van der Waals surface area contributed by atoms with Gasteiger partial charge in [-0.1, -0.05) is 23.9 Å². The zero-order valence-electron chi connectivity index (χ0n) is 15.6. The molecule has 0 bridgehead atoms. The van der Waals surface area contributed by atoms with Crippen LogP contribution in [0.25, 0.3) is 0 Å². The predicted molar refractivity (Wildman–Crippen MR) is 102 cm³/mol. The number of carbonyl (C=O) groups excluding carboxylic acids is 1. The number of benzene rings is 1. The highest BCUT2D eigenvalue weighted by Crippen LogP contribution is 2.21. The molecule has 142 valence electrons. The van der Waals surface area contributed by atoms with E-state index in [1.165, 1.54) is 11.8 Å². The van der Waals surface area contributed by atoms with Gasteiger partial charge in [-0.2, -0.15) is 5.10 Å². The lowest BCUT2D eigenvalue weighted by Gasteiger charge is -2.07. The number of nitrogens with one attached hydrogen (secondary N) is 1. The minimum atomic E-state index is -0.172. The van der Waals surface area contributed by atoms with Crippen molar-refractivity contribution in [1.82, 2.24) is 20.0 Å². The maximum atomic E-state index is 12.0. The van der Waals surface area contributed by atoms with E-state index in [1.54, 1.807) is 17.8 Å². The summed E-state index contributed by atoms with van der Waals surface area (Å²) < 4.78 is 12.9. The van der Waals surface area contributed by atoms with Gasteiger partial charge in [0.05, 0.1) is 11.4 Å². The minimum Gasteiger partial charge on any atom is -0.484 e. The van der Waals surface area contributed by atoms with Crippen molar-refractivity contribution in [2.75, 3.05) is 11.1 Å². The summed E-state index contributed by atoms with van der Waals surface area (Å²) in [5.41, 5.74) is 3.00. The van der Waals surface area contributed by atoms with Gasteiger partial charge in [-0.05, 0) is 38.0 Å². The molecule has 8 nitrogen and oxygen atoms in total. The second kappa shape index (κ2) is 8.26. The van der Waals surface area contributed by atoms with Crippen LogP contribution in [0.4, 0.5) is 5.82 Å². The maximum Gasteiger partial charge on any atom is 0.277 e. The number of aromatic nitrogens is 4. The highest BCUT2D eigenvalue weighted by molar-refractivity contribution is 7.99. The first-order chi connectivity index (χ1) is 12.9. The van der Waals surface area contributed by atoms with Crippen LogP contribution in [0.1, 0.15) is 22.7 Å². The first-order valence-electron chi connectivity index (χ1n) is 8.36. The van der Waals surface area contributed by atoms with E-state index in [4.69, 9.17) is 9.15 Å².